The Kier molecular flexibility index (Phi) is 3.49. The van der Waals surface area contributed by atoms with Gasteiger partial charge >= 0.3 is 0 Å². The Balaban J connectivity index is 2.14. The number of benzene rings is 1. The SMILES string of the molecule is O=C(Nc1ccc(Br)cc1)c1cccc(F)n1. The molecular weight excluding hydrogens is 287 g/mol. The number of nitrogens with one attached hydrogen (secondary N) is 1. The average molecular weight is 295 g/mol. The lowest BCUT2D eigenvalue weighted by Crippen LogP contribution is -2.13. The zero-order valence-corrected chi connectivity index (χ0v) is 10.2. The van der Waals surface area contributed by atoms with Gasteiger partial charge in [0, 0.05) is 10.2 Å². The summed E-state index contributed by atoms with van der Waals surface area (Å²) in [6.45, 7) is 0. The number of carbonyl (C=O) groups is 1. The maximum Gasteiger partial charge on any atom is 0.274 e. The molecule has 0 unspecified atom stereocenters. The van der Waals surface area contributed by atoms with Gasteiger partial charge in [0.05, 0.1) is 0 Å². The van der Waals surface area contributed by atoms with Gasteiger partial charge in [-0.3, -0.25) is 4.79 Å². The van der Waals surface area contributed by atoms with E-state index in [1.54, 1.807) is 24.3 Å². The van der Waals surface area contributed by atoms with Crippen molar-refractivity contribution >= 4 is 27.5 Å². The van der Waals surface area contributed by atoms with E-state index in [0.29, 0.717) is 5.69 Å². The van der Waals surface area contributed by atoms with E-state index in [4.69, 9.17) is 0 Å². The zero-order chi connectivity index (χ0) is 12.3. The van der Waals surface area contributed by atoms with Crippen molar-refractivity contribution in [3.63, 3.8) is 0 Å². The molecule has 0 bridgehead atoms. The minimum atomic E-state index is -0.673. The zero-order valence-electron chi connectivity index (χ0n) is 8.65. The third-order valence-electron chi connectivity index (χ3n) is 2.05. The molecule has 2 rings (SSSR count). The van der Waals surface area contributed by atoms with Gasteiger partial charge in [0.1, 0.15) is 5.69 Å². The number of hydrogen-bond acceptors (Lipinski definition) is 2. The Morgan fingerprint density at radius 2 is 1.88 bits per heavy atom. The highest BCUT2D eigenvalue weighted by Crippen LogP contribution is 2.14. The maximum atomic E-state index is 12.8. The molecule has 5 heteroatoms. The Morgan fingerprint density at radius 3 is 2.53 bits per heavy atom. The number of hydrogen-bond donors (Lipinski definition) is 1. The Labute approximate surface area is 106 Å². The largest absolute Gasteiger partial charge is 0.321 e. The number of halogens is 2. The number of aromatic nitrogens is 1. The van der Waals surface area contributed by atoms with E-state index < -0.39 is 11.9 Å². The quantitative estimate of drug-likeness (QED) is 0.864. The first-order valence-corrected chi connectivity index (χ1v) is 5.64. The summed E-state index contributed by atoms with van der Waals surface area (Å²) in [4.78, 5) is 15.2. The number of pyridine rings is 1. The number of amides is 1. The molecule has 0 saturated carbocycles. The number of rotatable bonds is 2. The van der Waals surface area contributed by atoms with Crippen LogP contribution in [0, 0.1) is 5.95 Å². The van der Waals surface area contributed by atoms with Crippen LogP contribution in [0.5, 0.6) is 0 Å². The van der Waals surface area contributed by atoms with Gasteiger partial charge in [-0.15, -0.1) is 0 Å². The predicted molar refractivity (Wildman–Crippen MR) is 66.3 cm³/mol. The summed E-state index contributed by atoms with van der Waals surface area (Å²) in [5.74, 6) is -1.11. The maximum absolute atomic E-state index is 12.8. The van der Waals surface area contributed by atoms with Crippen molar-refractivity contribution in [3.8, 4) is 0 Å². The molecule has 0 aliphatic heterocycles. The third-order valence-corrected chi connectivity index (χ3v) is 2.58. The van der Waals surface area contributed by atoms with Crippen LogP contribution < -0.4 is 5.32 Å². The molecule has 1 aromatic heterocycles. The van der Waals surface area contributed by atoms with E-state index in [1.807, 2.05) is 0 Å². The second-order valence-electron chi connectivity index (χ2n) is 3.31. The molecule has 17 heavy (non-hydrogen) atoms. The average Bonchev–Trinajstić information content (AvgIpc) is 2.32. The van der Waals surface area contributed by atoms with E-state index in [1.165, 1.54) is 18.2 Å². The van der Waals surface area contributed by atoms with E-state index in [2.05, 4.69) is 26.2 Å². The van der Waals surface area contributed by atoms with Crippen LogP contribution in [0.2, 0.25) is 0 Å². The number of carbonyl (C=O) groups excluding carboxylic acids is 1. The predicted octanol–water partition coefficient (Wildman–Crippen LogP) is 3.24. The van der Waals surface area contributed by atoms with Crippen molar-refractivity contribution in [2.24, 2.45) is 0 Å². The van der Waals surface area contributed by atoms with Gasteiger partial charge in [-0.25, -0.2) is 4.98 Å². The van der Waals surface area contributed by atoms with E-state index in [9.17, 15) is 9.18 Å². The number of nitrogens with zero attached hydrogens (tertiary/aromatic N) is 1. The minimum Gasteiger partial charge on any atom is -0.321 e. The van der Waals surface area contributed by atoms with Gasteiger partial charge in [-0.05, 0) is 36.4 Å². The molecule has 0 radical (unpaired) electrons. The lowest BCUT2D eigenvalue weighted by molar-refractivity contribution is 0.102. The van der Waals surface area contributed by atoms with Gasteiger partial charge < -0.3 is 5.32 Å². The lowest BCUT2D eigenvalue weighted by Gasteiger charge is -2.04. The summed E-state index contributed by atoms with van der Waals surface area (Å²) in [7, 11) is 0. The van der Waals surface area contributed by atoms with Crippen molar-refractivity contribution in [2.75, 3.05) is 5.32 Å². The molecule has 2 aromatic rings. The molecule has 0 aliphatic carbocycles. The highest BCUT2D eigenvalue weighted by molar-refractivity contribution is 9.10. The van der Waals surface area contributed by atoms with E-state index in [0.717, 1.165) is 4.47 Å². The molecule has 0 saturated heterocycles. The smallest absolute Gasteiger partial charge is 0.274 e. The fraction of sp³-hybridized carbons (Fsp3) is 0. The highest BCUT2D eigenvalue weighted by Gasteiger charge is 2.08. The monoisotopic (exact) mass is 294 g/mol. The summed E-state index contributed by atoms with van der Waals surface area (Å²) in [5, 5.41) is 2.62. The summed E-state index contributed by atoms with van der Waals surface area (Å²) in [5.41, 5.74) is 0.678. The minimum absolute atomic E-state index is 0.0490. The summed E-state index contributed by atoms with van der Waals surface area (Å²) in [6, 6.07) is 11.2. The molecule has 1 amide bonds. The molecular formula is C12H8BrFN2O. The van der Waals surface area contributed by atoms with Crippen LogP contribution in [0.15, 0.2) is 46.9 Å². The van der Waals surface area contributed by atoms with Crippen LogP contribution in [0.4, 0.5) is 10.1 Å². The van der Waals surface area contributed by atoms with Crippen LogP contribution in [0.25, 0.3) is 0 Å². The van der Waals surface area contributed by atoms with Crippen LogP contribution in [0.3, 0.4) is 0 Å². The molecule has 1 aromatic carbocycles. The molecule has 1 N–H and O–H groups in total. The second-order valence-corrected chi connectivity index (χ2v) is 4.22. The van der Waals surface area contributed by atoms with Gasteiger partial charge in [-0.1, -0.05) is 22.0 Å². The Hall–Kier alpha value is -1.75. The molecule has 0 aliphatic rings. The molecule has 0 atom stereocenters. The van der Waals surface area contributed by atoms with Crippen molar-refractivity contribution in [3.05, 3.63) is 58.6 Å². The van der Waals surface area contributed by atoms with Crippen molar-refractivity contribution in [1.29, 1.82) is 0 Å². The standard InChI is InChI=1S/C12H8BrFN2O/c13-8-4-6-9(7-5-8)15-12(17)10-2-1-3-11(14)16-10/h1-7H,(H,15,17). The first-order chi connectivity index (χ1) is 8.15. The molecule has 0 fully saturated rings. The van der Waals surface area contributed by atoms with Gasteiger partial charge in [0.2, 0.25) is 5.95 Å². The van der Waals surface area contributed by atoms with Crippen molar-refractivity contribution in [2.45, 2.75) is 0 Å². The highest BCUT2D eigenvalue weighted by atomic mass is 79.9. The molecule has 3 nitrogen and oxygen atoms in total. The van der Waals surface area contributed by atoms with Gasteiger partial charge in [0.25, 0.3) is 5.91 Å². The van der Waals surface area contributed by atoms with Gasteiger partial charge in [-0.2, -0.15) is 4.39 Å². The third kappa shape index (κ3) is 3.10. The summed E-state index contributed by atoms with van der Waals surface area (Å²) >= 11 is 3.29. The van der Waals surface area contributed by atoms with Crippen LogP contribution >= 0.6 is 15.9 Å². The topological polar surface area (TPSA) is 42.0 Å². The molecule has 86 valence electrons. The van der Waals surface area contributed by atoms with Crippen LogP contribution in [-0.4, -0.2) is 10.9 Å². The normalized spacial score (nSPS) is 10.0. The lowest BCUT2D eigenvalue weighted by atomic mass is 10.3. The van der Waals surface area contributed by atoms with Crippen LogP contribution in [0.1, 0.15) is 10.5 Å². The Bertz CT molecular complexity index is 542. The fourth-order valence-electron chi connectivity index (χ4n) is 1.26. The van der Waals surface area contributed by atoms with Crippen molar-refractivity contribution < 1.29 is 9.18 Å². The molecule has 0 spiro atoms. The summed E-state index contributed by atoms with van der Waals surface area (Å²) < 4.78 is 13.7. The number of anilines is 1. The van der Waals surface area contributed by atoms with Gasteiger partial charge in [0.15, 0.2) is 0 Å². The van der Waals surface area contributed by atoms with E-state index >= 15 is 0 Å². The molecule has 1 heterocycles. The first-order valence-electron chi connectivity index (χ1n) is 4.84. The van der Waals surface area contributed by atoms with E-state index in [-0.39, 0.29) is 5.69 Å². The second kappa shape index (κ2) is 5.05. The Morgan fingerprint density at radius 1 is 1.18 bits per heavy atom. The van der Waals surface area contributed by atoms with Crippen LogP contribution in [-0.2, 0) is 0 Å². The first kappa shape index (κ1) is 11.7. The summed E-state index contributed by atoms with van der Waals surface area (Å²) in [6.07, 6.45) is 0. The van der Waals surface area contributed by atoms with Crippen molar-refractivity contribution in [1.82, 2.24) is 4.98 Å². The fourth-order valence-corrected chi connectivity index (χ4v) is 1.53.